The molecule has 1 fully saturated rings. The van der Waals surface area contributed by atoms with E-state index in [1.54, 1.807) is 11.3 Å². The summed E-state index contributed by atoms with van der Waals surface area (Å²) in [5, 5.41) is 3.94. The standard InChI is InChI=1S/C22H24N4O2S/c1-25(2)17-7-5-6-15(12-17)22(28)26-10-4-3-8-19(26)21-23-18(13-20(27)24-21)16-9-11-29-14-16/h5-7,9,11-14,19H,3-4,8,10H2,1-2H3,(H,23,24,27)/t19-/m0/s1. The van der Waals surface area contributed by atoms with Crippen LogP contribution in [0.1, 0.15) is 41.5 Å². The number of anilines is 1. The van der Waals surface area contributed by atoms with Gasteiger partial charge < -0.3 is 14.8 Å². The SMILES string of the molecule is CN(C)c1cccc(C(=O)N2CCCC[C@H]2c2nc(-c3ccsc3)cc(=O)[nH]2)c1. The van der Waals surface area contributed by atoms with Crippen LogP contribution in [0.3, 0.4) is 0 Å². The minimum absolute atomic E-state index is 0.0259. The second-order valence-electron chi connectivity index (χ2n) is 7.48. The highest BCUT2D eigenvalue weighted by Crippen LogP contribution is 2.31. The molecular weight excluding hydrogens is 384 g/mol. The van der Waals surface area contributed by atoms with Crippen molar-refractivity contribution in [3.63, 3.8) is 0 Å². The number of aromatic amines is 1. The molecule has 0 radical (unpaired) electrons. The van der Waals surface area contributed by atoms with Crippen molar-refractivity contribution in [1.82, 2.24) is 14.9 Å². The fourth-order valence-corrected chi connectivity index (χ4v) is 4.38. The van der Waals surface area contributed by atoms with Gasteiger partial charge in [0.15, 0.2) is 0 Å². The molecule has 1 N–H and O–H groups in total. The summed E-state index contributed by atoms with van der Waals surface area (Å²) in [5.41, 5.74) is 3.02. The van der Waals surface area contributed by atoms with Crippen LogP contribution in [0.2, 0.25) is 0 Å². The van der Waals surface area contributed by atoms with E-state index in [4.69, 9.17) is 4.98 Å². The number of amides is 1. The number of hydrogen-bond donors (Lipinski definition) is 1. The van der Waals surface area contributed by atoms with Crippen molar-refractivity contribution in [2.24, 2.45) is 0 Å². The van der Waals surface area contributed by atoms with Gasteiger partial charge in [-0.2, -0.15) is 11.3 Å². The highest BCUT2D eigenvalue weighted by atomic mass is 32.1. The van der Waals surface area contributed by atoms with Crippen LogP contribution in [0.15, 0.2) is 52.0 Å². The Hall–Kier alpha value is -2.93. The summed E-state index contributed by atoms with van der Waals surface area (Å²) in [7, 11) is 3.91. The van der Waals surface area contributed by atoms with Crippen molar-refractivity contribution in [2.75, 3.05) is 25.5 Å². The van der Waals surface area contributed by atoms with Crippen molar-refractivity contribution in [1.29, 1.82) is 0 Å². The first-order valence-electron chi connectivity index (χ1n) is 9.75. The zero-order valence-electron chi connectivity index (χ0n) is 16.6. The molecule has 1 amide bonds. The molecule has 0 aliphatic carbocycles. The molecule has 0 bridgehead atoms. The molecule has 1 atom stereocenters. The lowest BCUT2D eigenvalue weighted by molar-refractivity contribution is 0.0599. The monoisotopic (exact) mass is 408 g/mol. The first-order valence-corrected chi connectivity index (χ1v) is 10.7. The zero-order chi connectivity index (χ0) is 20.4. The van der Waals surface area contributed by atoms with Gasteiger partial charge in [-0.05, 0) is 48.9 Å². The summed E-state index contributed by atoms with van der Waals surface area (Å²) in [4.78, 5) is 37.1. The fourth-order valence-electron chi connectivity index (χ4n) is 3.73. The first-order chi connectivity index (χ1) is 14.0. The van der Waals surface area contributed by atoms with Gasteiger partial charge in [0.2, 0.25) is 0 Å². The molecule has 2 aromatic heterocycles. The van der Waals surface area contributed by atoms with Crippen LogP contribution in [0.4, 0.5) is 5.69 Å². The number of nitrogens with one attached hydrogen (secondary N) is 1. The van der Waals surface area contributed by atoms with Gasteiger partial charge in [0.1, 0.15) is 5.82 Å². The smallest absolute Gasteiger partial charge is 0.254 e. The number of aromatic nitrogens is 2. The predicted molar refractivity (Wildman–Crippen MR) is 117 cm³/mol. The van der Waals surface area contributed by atoms with Gasteiger partial charge in [0, 0.05) is 48.9 Å². The molecule has 0 unspecified atom stereocenters. The van der Waals surface area contributed by atoms with Crippen molar-refractivity contribution in [3.8, 4) is 11.3 Å². The lowest BCUT2D eigenvalue weighted by Crippen LogP contribution is -2.40. The second kappa shape index (κ2) is 8.21. The molecule has 7 heteroatoms. The van der Waals surface area contributed by atoms with Crippen LogP contribution in [0, 0.1) is 0 Å². The third-order valence-electron chi connectivity index (χ3n) is 5.27. The number of H-pyrrole nitrogens is 1. The third kappa shape index (κ3) is 4.10. The van der Waals surface area contributed by atoms with E-state index in [1.807, 2.05) is 65.0 Å². The average Bonchev–Trinajstić information content (AvgIpc) is 3.28. The van der Waals surface area contributed by atoms with Crippen molar-refractivity contribution in [2.45, 2.75) is 25.3 Å². The molecule has 150 valence electrons. The number of likely N-dealkylation sites (tertiary alicyclic amines) is 1. The zero-order valence-corrected chi connectivity index (χ0v) is 17.4. The molecule has 3 heterocycles. The first kappa shape index (κ1) is 19.4. The van der Waals surface area contributed by atoms with Gasteiger partial charge in [-0.15, -0.1) is 0 Å². The summed E-state index contributed by atoms with van der Waals surface area (Å²) in [6, 6.07) is 10.9. The van der Waals surface area contributed by atoms with Crippen LogP contribution in [-0.4, -0.2) is 41.4 Å². The Bertz CT molecular complexity index is 1060. The molecule has 3 aromatic rings. The van der Waals surface area contributed by atoms with E-state index in [0.717, 1.165) is 30.5 Å². The van der Waals surface area contributed by atoms with Gasteiger partial charge >= 0.3 is 0 Å². The second-order valence-corrected chi connectivity index (χ2v) is 8.26. The number of carbonyl (C=O) groups is 1. The van der Waals surface area contributed by atoms with Gasteiger partial charge in [0.25, 0.3) is 11.5 Å². The van der Waals surface area contributed by atoms with E-state index in [9.17, 15) is 9.59 Å². The molecule has 4 rings (SSSR count). The number of benzene rings is 1. The molecule has 1 aliphatic heterocycles. The maximum Gasteiger partial charge on any atom is 0.254 e. The topological polar surface area (TPSA) is 69.3 Å². The highest BCUT2D eigenvalue weighted by molar-refractivity contribution is 7.08. The molecule has 1 aromatic carbocycles. The van der Waals surface area contributed by atoms with Crippen LogP contribution >= 0.6 is 11.3 Å². The summed E-state index contributed by atoms with van der Waals surface area (Å²) in [5.74, 6) is 0.539. The molecule has 6 nitrogen and oxygen atoms in total. The minimum atomic E-state index is -0.231. The summed E-state index contributed by atoms with van der Waals surface area (Å²) >= 11 is 1.57. The van der Waals surface area contributed by atoms with E-state index >= 15 is 0 Å². The van der Waals surface area contributed by atoms with Crippen molar-refractivity contribution in [3.05, 3.63) is 68.9 Å². The molecular formula is C22H24N4O2S. The Morgan fingerprint density at radius 2 is 2.10 bits per heavy atom. The maximum absolute atomic E-state index is 13.3. The number of hydrogen-bond acceptors (Lipinski definition) is 5. The van der Waals surface area contributed by atoms with Crippen LogP contribution < -0.4 is 10.5 Å². The Balaban J connectivity index is 1.69. The lowest BCUT2D eigenvalue weighted by Gasteiger charge is -2.35. The fraction of sp³-hybridized carbons (Fsp3) is 0.318. The summed E-state index contributed by atoms with van der Waals surface area (Å²) in [6.45, 7) is 0.655. The van der Waals surface area contributed by atoms with Gasteiger partial charge in [-0.3, -0.25) is 9.59 Å². The summed E-state index contributed by atoms with van der Waals surface area (Å²) < 4.78 is 0. The van der Waals surface area contributed by atoms with Gasteiger partial charge in [0.05, 0.1) is 11.7 Å². The van der Waals surface area contributed by atoms with E-state index < -0.39 is 0 Å². The molecule has 1 aliphatic rings. The van der Waals surface area contributed by atoms with Crippen molar-refractivity contribution < 1.29 is 4.79 Å². The van der Waals surface area contributed by atoms with Crippen LogP contribution in [0.5, 0.6) is 0 Å². The van der Waals surface area contributed by atoms with E-state index in [0.29, 0.717) is 23.6 Å². The summed E-state index contributed by atoms with van der Waals surface area (Å²) in [6.07, 6.45) is 2.73. The number of thiophene rings is 1. The molecule has 29 heavy (non-hydrogen) atoms. The minimum Gasteiger partial charge on any atom is -0.378 e. The number of rotatable bonds is 4. The van der Waals surface area contributed by atoms with E-state index in [2.05, 4.69) is 4.98 Å². The highest BCUT2D eigenvalue weighted by Gasteiger charge is 2.31. The van der Waals surface area contributed by atoms with Crippen LogP contribution in [-0.2, 0) is 0 Å². The van der Waals surface area contributed by atoms with Gasteiger partial charge in [-0.1, -0.05) is 6.07 Å². The molecule has 0 saturated carbocycles. The average molecular weight is 409 g/mol. The largest absolute Gasteiger partial charge is 0.378 e. The lowest BCUT2D eigenvalue weighted by atomic mass is 9.99. The Labute approximate surface area is 173 Å². The number of nitrogens with zero attached hydrogens (tertiary/aromatic N) is 3. The molecule has 1 saturated heterocycles. The van der Waals surface area contributed by atoms with Gasteiger partial charge in [-0.25, -0.2) is 4.98 Å². The Morgan fingerprint density at radius 1 is 1.24 bits per heavy atom. The number of piperidine rings is 1. The third-order valence-corrected chi connectivity index (χ3v) is 5.95. The Morgan fingerprint density at radius 3 is 2.86 bits per heavy atom. The van der Waals surface area contributed by atoms with Crippen LogP contribution in [0.25, 0.3) is 11.3 Å². The number of carbonyl (C=O) groups excluding carboxylic acids is 1. The van der Waals surface area contributed by atoms with E-state index in [1.165, 1.54) is 6.07 Å². The van der Waals surface area contributed by atoms with E-state index in [-0.39, 0.29) is 17.5 Å². The normalized spacial score (nSPS) is 16.6. The molecule has 0 spiro atoms. The quantitative estimate of drug-likeness (QED) is 0.710. The van der Waals surface area contributed by atoms with Crippen molar-refractivity contribution >= 4 is 22.9 Å². The Kier molecular flexibility index (Phi) is 5.49. The predicted octanol–water partition coefficient (Wildman–Crippen LogP) is 3.93. The maximum atomic E-state index is 13.3.